The number of carbonyl (C=O) groups excluding carboxylic acids is 4. The summed E-state index contributed by atoms with van der Waals surface area (Å²) in [6.07, 6.45) is 0.252. The van der Waals surface area contributed by atoms with Gasteiger partial charge in [-0.15, -0.1) is 0 Å². The topological polar surface area (TPSA) is 85.7 Å². The van der Waals surface area contributed by atoms with E-state index >= 15 is 0 Å². The first-order valence-electron chi connectivity index (χ1n) is 9.93. The minimum atomic E-state index is -1.08. The number of ketones is 1. The Morgan fingerprint density at radius 3 is 2.07 bits per heavy atom. The van der Waals surface area contributed by atoms with Crippen molar-refractivity contribution in [3.05, 3.63) is 58.4 Å². The standard InChI is InChI=1S/C23H26N2O5/c1-13(2)10-19(25-21(27)16-8-6-7-9-17(16)22(25)28)23(29)30-12-20(26)18-11-14(3)24(5)15(18)4/h6-9,11,13,19H,10,12H2,1-5H3. The third-order valence-corrected chi connectivity index (χ3v) is 5.53. The highest BCUT2D eigenvalue weighted by molar-refractivity contribution is 6.22. The van der Waals surface area contributed by atoms with Crippen molar-refractivity contribution in [2.24, 2.45) is 13.0 Å². The van der Waals surface area contributed by atoms with E-state index in [4.69, 9.17) is 4.74 Å². The third-order valence-electron chi connectivity index (χ3n) is 5.53. The van der Waals surface area contributed by atoms with Gasteiger partial charge in [-0.3, -0.25) is 19.3 Å². The first kappa shape index (κ1) is 21.5. The highest BCUT2D eigenvalue weighted by atomic mass is 16.5. The van der Waals surface area contributed by atoms with Crippen molar-refractivity contribution >= 4 is 23.6 Å². The van der Waals surface area contributed by atoms with E-state index in [1.165, 1.54) is 0 Å². The molecule has 1 aliphatic rings. The summed E-state index contributed by atoms with van der Waals surface area (Å²) >= 11 is 0. The van der Waals surface area contributed by atoms with Gasteiger partial charge in [-0.25, -0.2) is 4.79 Å². The number of benzene rings is 1. The van der Waals surface area contributed by atoms with Gasteiger partial charge in [-0.05, 0) is 44.4 Å². The number of fused-ring (bicyclic) bond motifs is 1. The van der Waals surface area contributed by atoms with Crippen LogP contribution in [0.4, 0.5) is 0 Å². The zero-order valence-electron chi connectivity index (χ0n) is 17.9. The largest absolute Gasteiger partial charge is 0.456 e. The van der Waals surface area contributed by atoms with Gasteiger partial charge in [0.15, 0.2) is 6.61 Å². The lowest BCUT2D eigenvalue weighted by Crippen LogP contribution is -2.46. The molecular weight excluding hydrogens is 384 g/mol. The number of rotatable bonds is 7. The number of nitrogens with zero attached hydrogens (tertiary/aromatic N) is 2. The Morgan fingerprint density at radius 2 is 1.60 bits per heavy atom. The van der Waals surface area contributed by atoms with E-state index in [1.54, 1.807) is 30.3 Å². The molecule has 0 spiro atoms. The summed E-state index contributed by atoms with van der Waals surface area (Å²) in [5.41, 5.74) is 2.74. The average Bonchev–Trinajstić information content (AvgIpc) is 3.12. The molecule has 30 heavy (non-hydrogen) atoms. The Kier molecular flexibility index (Phi) is 5.92. The molecule has 158 valence electrons. The van der Waals surface area contributed by atoms with Gasteiger partial charge in [0.2, 0.25) is 5.78 Å². The molecule has 2 aromatic rings. The van der Waals surface area contributed by atoms with E-state index in [1.807, 2.05) is 39.3 Å². The fourth-order valence-electron chi connectivity index (χ4n) is 3.69. The first-order valence-corrected chi connectivity index (χ1v) is 9.93. The first-order chi connectivity index (χ1) is 14.1. The molecule has 0 saturated carbocycles. The van der Waals surface area contributed by atoms with Crippen LogP contribution in [0.3, 0.4) is 0 Å². The van der Waals surface area contributed by atoms with E-state index in [0.29, 0.717) is 5.56 Å². The highest BCUT2D eigenvalue weighted by Gasteiger charge is 2.43. The molecular formula is C23H26N2O5. The Balaban J connectivity index is 1.78. The summed E-state index contributed by atoms with van der Waals surface area (Å²) in [5.74, 6) is -2.08. The second-order valence-corrected chi connectivity index (χ2v) is 8.05. The van der Waals surface area contributed by atoms with Gasteiger partial charge in [0.25, 0.3) is 11.8 Å². The van der Waals surface area contributed by atoms with E-state index in [-0.39, 0.29) is 29.2 Å². The fourth-order valence-corrected chi connectivity index (χ4v) is 3.69. The van der Waals surface area contributed by atoms with Crippen LogP contribution in [0.1, 0.15) is 62.7 Å². The number of Topliss-reactive ketones (excluding diaryl/α,β-unsaturated/α-hetero) is 1. The van der Waals surface area contributed by atoms with E-state index < -0.39 is 30.4 Å². The molecule has 1 atom stereocenters. The second-order valence-electron chi connectivity index (χ2n) is 8.05. The van der Waals surface area contributed by atoms with Gasteiger partial charge in [0.1, 0.15) is 6.04 Å². The van der Waals surface area contributed by atoms with Crippen molar-refractivity contribution in [1.82, 2.24) is 9.47 Å². The number of carbonyl (C=O) groups is 4. The number of aromatic nitrogens is 1. The zero-order valence-corrected chi connectivity index (χ0v) is 17.9. The molecule has 1 unspecified atom stereocenters. The minimum Gasteiger partial charge on any atom is -0.456 e. The van der Waals surface area contributed by atoms with Crippen LogP contribution in [0, 0.1) is 19.8 Å². The van der Waals surface area contributed by atoms with E-state index in [2.05, 4.69) is 0 Å². The van der Waals surface area contributed by atoms with Gasteiger partial charge in [-0.2, -0.15) is 0 Å². The van der Waals surface area contributed by atoms with Crippen LogP contribution in [-0.2, 0) is 16.6 Å². The van der Waals surface area contributed by atoms with Crippen LogP contribution >= 0.6 is 0 Å². The summed E-state index contributed by atoms with van der Waals surface area (Å²) in [4.78, 5) is 52.0. The molecule has 0 N–H and O–H groups in total. The van der Waals surface area contributed by atoms with Crippen LogP contribution in [0.25, 0.3) is 0 Å². The number of amides is 2. The van der Waals surface area contributed by atoms with Gasteiger partial charge in [0.05, 0.1) is 11.1 Å². The minimum absolute atomic E-state index is 0.0292. The monoisotopic (exact) mass is 410 g/mol. The number of ether oxygens (including phenoxy) is 1. The maximum atomic E-state index is 12.9. The summed E-state index contributed by atoms with van der Waals surface area (Å²) in [6.45, 7) is 7.04. The molecule has 2 heterocycles. The Morgan fingerprint density at radius 1 is 1.03 bits per heavy atom. The molecule has 1 aromatic heterocycles. The molecule has 7 nitrogen and oxygen atoms in total. The SMILES string of the molecule is Cc1cc(C(=O)COC(=O)C(CC(C)C)N2C(=O)c3ccccc3C2=O)c(C)n1C. The van der Waals surface area contributed by atoms with Gasteiger partial charge >= 0.3 is 5.97 Å². The highest BCUT2D eigenvalue weighted by Crippen LogP contribution is 2.27. The van der Waals surface area contributed by atoms with Crippen molar-refractivity contribution in [2.45, 2.75) is 40.2 Å². The Labute approximate surface area is 175 Å². The molecule has 7 heteroatoms. The average molecular weight is 410 g/mol. The quantitative estimate of drug-likeness (QED) is 0.398. The van der Waals surface area contributed by atoms with E-state index in [0.717, 1.165) is 16.3 Å². The molecule has 0 saturated heterocycles. The van der Waals surface area contributed by atoms with Crippen LogP contribution in [0.2, 0.25) is 0 Å². The normalized spacial score (nSPS) is 14.3. The van der Waals surface area contributed by atoms with Gasteiger partial charge in [-0.1, -0.05) is 26.0 Å². The Hall–Kier alpha value is -3.22. The van der Waals surface area contributed by atoms with Crippen LogP contribution in [0.5, 0.6) is 0 Å². The maximum Gasteiger partial charge on any atom is 0.329 e. The molecule has 1 aromatic carbocycles. The van der Waals surface area contributed by atoms with Crippen LogP contribution < -0.4 is 0 Å². The molecule has 0 bridgehead atoms. The van der Waals surface area contributed by atoms with E-state index in [9.17, 15) is 19.2 Å². The molecule has 2 amide bonds. The van der Waals surface area contributed by atoms with Crippen LogP contribution in [0.15, 0.2) is 30.3 Å². The number of aryl methyl sites for hydroxylation is 1. The molecule has 1 aliphatic heterocycles. The molecule has 0 aliphatic carbocycles. The smallest absolute Gasteiger partial charge is 0.329 e. The lowest BCUT2D eigenvalue weighted by atomic mass is 10.0. The van der Waals surface area contributed by atoms with Crippen molar-refractivity contribution in [3.8, 4) is 0 Å². The number of hydrogen-bond acceptors (Lipinski definition) is 5. The Bertz CT molecular complexity index is 999. The second kappa shape index (κ2) is 8.26. The number of esters is 1. The van der Waals surface area contributed by atoms with Crippen LogP contribution in [-0.4, -0.2) is 45.7 Å². The lowest BCUT2D eigenvalue weighted by molar-refractivity contribution is -0.147. The fraction of sp³-hybridized carbons (Fsp3) is 0.391. The predicted octanol–water partition coefficient (Wildman–Crippen LogP) is 3.08. The molecule has 0 fully saturated rings. The lowest BCUT2D eigenvalue weighted by Gasteiger charge is -2.25. The van der Waals surface area contributed by atoms with Gasteiger partial charge < -0.3 is 9.30 Å². The van der Waals surface area contributed by atoms with Crippen molar-refractivity contribution in [3.63, 3.8) is 0 Å². The van der Waals surface area contributed by atoms with Crippen molar-refractivity contribution in [2.75, 3.05) is 6.61 Å². The van der Waals surface area contributed by atoms with Gasteiger partial charge in [0, 0.05) is 24.0 Å². The summed E-state index contributed by atoms with van der Waals surface area (Å²) < 4.78 is 7.17. The summed E-state index contributed by atoms with van der Waals surface area (Å²) in [6, 6.07) is 7.15. The molecule has 0 radical (unpaired) electrons. The number of hydrogen-bond donors (Lipinski definition) is 0. The summed E-state index contributed by atoms with van der Waals surface area (Å²) in [7, 11) is 1.86. The third kappa shape index (κ3) is 3.79. The predicted molar refractivity (Wildman–Crippen MR) is 110 cm³/mol. The molecule has 3 rings (SSSR count). The summed E-state index contributed by atoms with van der Waals surface area (Å²) in [5, 5.41) is 0. The van der Waals surface area contributed by atoms with Crippen molar-refractivity contribution in [1.29, 1.82) is 0 Å². The maximum absolute atomic E-state index is 12.9. The zero-order chi connectivity index (χ0) is 22.2. The number of imide groups is 1. The van der Waals surface area contributed by atoms with Crippen molar-refractivity contribution < 1.29 is 23.9 Å².